The van der Waals surface area contributed by atoms with Crippen LogP contribution in [0.1, 0.15) is 6.42 Å². The fraction of sp³-hybridized carbons (Fsp3) is 0.500. The van der Waals surface area contributed by atoms with Crippen LogP contribution in [0.4, 0.5) is 0 Å². The van der Waals surface area contributed by atoms with Gasteiger partial charge in [-0.05, 0) is 6.08 Å². The zero-order valence-corrected chi connectivity index (χ0v) is 5.95. The standard InChI is InChI=1S/C8H12O2/c1-3-7(9-4-2)8-5-6-10-8/h3-4,7-8H,1-2,5-6H2. The summed E-state index contributed by atoms with van der Waals surface area (Å²) in [4.78, 5) is 0. The van der Waals surface area contributed by atoms with Crippen LogP contribution in [-0.2, 0) is 9.47 Å². The fourth-order valence-electron chi connectivity index (χ4n) is 0.919. The molecule has 1 aliphatic heterocycles. The van der Waals surface area contributed by atoms with Gasteiger partial charge in [0.1, 0.15) is 12.2 Å². The minimum absolute atomic E-state index is 0.00810. The van der Waals surface area contributed by atoms with Crippen LogP contribution in [-0.4, -0.2) is 18.8 Å². The minimum Gasteiger partial charge on any atom is -0.492 e. The van der Waals surface area contributed by atoms with E-state index in [1.807, 2.05) is 0 Å². The third-order valence-electron chi connectivity index (χ3n) is 1.59. The lowest BCUT2D eigenvalue weighted by Crippen LogP contribution is -2.37. The van der Waals surface area contributed by atoms with E-state index in [2.05, 4.69) is 13.2 Å². The summed E-state index contributed by atoms with van der Waals surface area (Å²) in [6, 6.07) is 0. The Morgan fingerprint density at radius 2 is 2.30 bits per heavy atom. The topological polar surface area (TPSA) is 18.5 Å². The van der Waals surface area contributed by atoms with Crippen molar-refractivity contribution < 1.29 is 9.47 Å². The van der Waals surface area contributed by atoms with Crippen molar-refractivity contribution in [2.24, 2.45) is 0 Å². The van der Waals surface area contributed by atoms with Gasteiger partial charge in [0.2, 0.25) is 0 Å². The summed E-state index contributed by atoms with van der Waals surface area (Å²) in [5, 5.41) is 0. The van der Waals surface area contributed by atoms with Crippen molar-refractivity contribution in [2.45, 2.75) is 18.6 Å². The van der Waals surface area contributed by atoms with Crippen LogP contribution in [0, 0.1) is 0 Å². The number of ether oxygens (including phenoxy) is 2. The van der Waals surface area contributed by atoms with Gasteiger partial charge in [-0.1, -0.05) is 13.2 Å². The molecule has 0 spiro atoms. The van der Waals surface area contributed by atoms with E-state index in [-0.39, 0.29) is 12.2 Å². The highest BCUT2D eigenvalue weighted by atomic mass is 16.6. The first-order chi connectivity index (χ1) is 4.88. The molecule has 1 aliphatic rings. The highest BCUT2D eigenvalue weighted by molar-refractivity contribution is 4.91. The Kier molecular flexibility index (Phi) is 2.51. The SMILES string of the molecule is C=COC(C=C)C1CCO1. The molecule has 1 heterocycles. The monoisotopic (exact) mass is 140 g/mol. The first kappa shape index (κ1) is 7.35. The number of hydrogen-bond donors (Lipinski definition) is 0. The molecule has 1 fully saturated rings. The van der Waals surface area contributed by atoms with E-state index in [9.17, 15) is 0 Å². The first-order valence-electron chi connectivity index (χ1n) is 3.39. The Bertz CT molecular complexity index is 127. The molecule has 2 heteroatoms. The maximum absolute atomic E-state index is 5.19. The molecule has 0 aromatic carbocycles. The van der Waals surface area contributed by atoms with Crippen molar-refractivity contribution >= 4 is 0 Å². The molecule has 0 aromatic heterocycles. The molecular weight excluding hydrogens is 128 g/mol. The van der Waals surface area contributed by atoms with Gasteiger partial charge in [-0.2, -0.15) is 0 Å². The molecule has 1 rings (SSSR count). The maximum atomic E-state index is 5.19. The zero-order chi connectivity index (χ0) is 7.40. The Labute approximate surface area is 61.1 Å². The summed E-state index contributed by atoms with van der Waals surface area (Å²) < 4.78 is 10.3. The Balaban J connectivity index is 2.30. The van der Waals surface area contributed by atoms with E-state index in [0.717, 1.165) is 13.0 Å². The van der Waals surface area contributed by atoms with Gasteiger partial charge in [-0.3, -0.25) is 0 Å². The van der Waals surface area contributed by atoms with E-state index in [1.54, 1.807) is 6.08 Å². The largest absolute Gasteiger partial charge is 0.492 e. The summed E-state index contributed by atoms with van der Waals surface area (Å²) >= 11 is 0. The van der Waals surface area contributed by atoms with Crippen LogP contribution in [0.3, 0.4) is 0 Å². The predicted octanol–water partition coefficient (Wildman–Crippen LogP) is 1.49. The molecule has 1 saturated heterocycles. The normalized spacial score (nSPS) is 26.2. The second kappa shape index (κ2) is 3.42. The van der Waals surface area contributed by atoms with Crippen molar-refractivity contribution in [3.05, 3.63) is 25.5 Å². The second-order valence-electron chi connectivity index (χ2n) is 2.20. The Morgan fingerprint density at radius 3 is 2.60 bits per heavy atom. The fourth-order valence-corrected chi connectivity index (χ4v) is 0.919. The minimum atomic E-state index is -0.00810. The van der Waals surface area contributed by atoms with E-state index >= 15 is 0 Å². The van der Waals surface area contributed by atoms with Crippen LogP contribution < -0.4 is 0 Å². The van der Waals surface area contributed by atoms with Gasteiger partial charge in [0.25, 0.3) is 0 Å². The van der Waals surface area contributed by atoms with Gasteiger partial charge in [0.05, 0.1) is 6.26 Å². The third-order valence-corrected chi connectivity index (χ3v) is 1.59. The molecule has 0 amide bonds. The summed E-state index contributed by atoms with van der Waals surface area (Å²) in [5.74, 6) is 0. The summed E-state index contributed by atoms with van der Waals surface area (Å²) in [6.45, 7) is 7.94. The maximum Gasteiger partial charge on any atom is 0.142 e. The zero-order valence-electron chi connectivity index (χ0n) is 5.95. The predicted molar refractivity (Wildman–Crippen MR) is 39.6 cm³/mol. The van der Waals surface area contributed by atoms with Crippen molar-refractivity contribution in [1.82, 2.24) is 0 Å². The Morgan fingerprint density at radius 1 is 1.60 bits per heavy atom. The van der Waals surface area contributed by atoms with Crippen LogP contribution >= 0.6 is 0 Å². The quantitative estimate of drug-likeness (QED) is 0.435. The van der Waals surface area contributed by atoms with E-state index < -0.39 is 0 Å². The lowest BCUT2D eigenvalue weighted by molar-refractivity contribution is -0.104. The molecule has 2 atom stereocenters. The van der Waals surface area contributed by atoms with Gasteiger partial charge in [-0.25, -0.2) is 0 Å². The molecule has 2 nitrogen and oxygen atoms in total. The molecular formula is C8H12O2. The Hall–Kier alpha value is -0.760. The molecule has 0 bridgehead atoms. The van der Waals surface area contributed by atoms with Gasteiger partial charge in [-0.15, -0.1) is 0 Å². The average Bonchev–Trinajstić information content (AvgIpc) is 1.83. The summed E-state index contributed by atoms with van der Waals surface area (Å²) in [6.07, 6.45) is 4.42. The highest BCUT2D eigenvalue weighted by Crippen LogP contribution is 2.18. The van der Waals surface area contributed by atoms with Crippen molar-refractivity contribution in [3.8, 4) is 0 Å². The van der Waals surface area contributed by atoms with Crippen LogP contribution in [0.5, 0.6) is 0 Å². The van der Waals surface area contributed by atoms with Gasteiger partial charge in [0.15, 0.2) is 0 Å². The van der Waals surface area contributed by atoms with Crippen molar-refractivity contribution in [1.29, 1.82) is 0 Å². The lowest BCUT2D eigenvalue weighted by Gasteiger charge is -2.31. The smallest absolute Gasteiger partial charge is 0.142 e. The molecule has 0 N–H and O–H groups in total. The molecule has 0 saturated carbocycles. The van der Waals surface area contributed by atoms with Gasteiger partial charge < -0.3 is 9.47 Å². The lowest BCUT2D eigenvalue weighted by atomic mass is 10.1. The molecule has 0 radical (unpaired) electrons. The van der Waals surface area contributed by atoms with Crippen LogP contribution in [0.2, 0.25) is 0 Å². The van der Waals surface area contributed by atoms with Crippen molar-refractivity contribution in [3.63, 3.8) is 0 Å². The summed E-state index contributed by atoms with van der Waals surface area (Å²) in [5.41, 5.74) is 0. The van der Waals surface area contributed by atoms with Crippen molar-refractivity contribution in [2.75, 3.05) is 6.61 Å². The molecule has 0 aromatic rings. The highest BCUT2D eigenvalue weighted by Gasteiger charge is 2.26. The summed E-state index contributed by atoms with van der Waals surface area (Å²) in [7, 11) is 0. The van der Waals surface area contributed by atoms with E-state index in [0.29, 0.717) is 0 Å². The first-order valence-corrected chi connectivity index (χ1v) is 3.39. The van der Waals surface area contributed by atoms with E-state index in [1.165, 1.54) is 6.26 Å². The molecule has 10 heavy (non-hydrogen) atoms. The van der Waals surface area contributed by atoms with Crippen LogP contribution in [0.15, 0.2) is 25.5 Å². The average molecular weight is 140 g/mol. The number of rotatable bonds is 4. The second-order valence-corrected chi connectivity index (χ2v) is 2.20. The van der Waals surface area contributed by atoms with Crippen LogP contribution in [0.25, 0.3) is 0 Å². The molecule has 0 aliphatic carbocycles. The van der Waals surface area contributed by atoms with E-state index in [4.69, 9.17) is 9.47 Å². The molecule has 56 valence electrons. The molecule has 2 unspecified atom stereocenters. The van der Waals surface area contributed by atoms with Gasteiger partial charge in [0, 0.05) is 13.0 Å². The van der Waals surface area contributed by atoms with Gasteiger partial charge >= 0.3 is 0 Å². The number of hydrogen-bond acceptors (Lipinski definition) is 2. The third kappa shape index (κ3) is 1.39.